The third-order valence-electron chi connectivity index (χ3n) is 14.0. The van der Waals surface area contributed by atoms with Crippen LogP contribution in [0.25, 0.3) is 0 Å². The molecular formula is C61H106O15. The van der Waals surface area contributed by atoms with E-state index >= 15 is 0 Å². The number of rotatable bonds is 47. The summed E-state index contributed by atoms with van der Waals surface area (Å²) in [6, 6.07) is 0. The summed E-state index contributed by atoms with van der Waals surface area (Å²) in [7, 11) is 0. The number of allylic oxidation sites excluding steroid dienone is 10. The van der Waals surface area contributed by atoms with Crippen LogP contribution < -0.4 is 0 Å². The molecule has 0 aromatic heterocycles. The maximum Gasteiger partial charge on any atom is 0.306 e. The van der Waals surface area contributed by atoms with Gasteiger partial charge in [-0.15, -0.1) is 0 Å². The van der Waals surface area contributed by atoms with Crippen molar-refractivity contribution < 1.29 is 73.8 Å². The first-order valence-electron chi connectivity index (χ1n) is 29.9. The van der Waals surface area contributed by atoms with Crippen LogP contribution in [0.2, 0.25) is 0 Å². The summed E-state index contributed by atoms with van der Waals surface area (Å²) in [4.78, 5) is 25.9. The quantitative estimate of drug-likeness (QED) is 0.0171. The molecule has 76 heavy (non-hydrogen) atoms. The van der Waals surface area contributed by atoms with E-state index in [9.17, 15) is 45.3 Å². The summed E-state index contributed by atoms with van der Waals surface area (Å²) in [5.41, 5.74) is 0. The van der Waals surface area contributed by atoms with E-state index < -0.39 is 92.7 Å². The second kappa shape index (κ2) is 47.1. The van der Waals surface area contributed by atoms with Gasteiger partial charge in [-0.25, -0.2) is 0 Å². The van der Waals surface area contributed by atoms with Crippen molar-refractivity contribution in [1.82, 2.24) is 0 Å². The standard InChI is InChI=1S/C61H106O15/c1-3-5-7-9-11-13-15-17-19-21-23-24-26-27-29-31-33-35-37-39-41-43-52(63)71-46-49(74-53(64)44-42-40-38-36-34-32-30-28-25-22-20-18-16-14-12-10-8-6-4-2)47-72-60-59(70)57(68)55(66)51(76-60)48-73-61-58(69)56(67)54(65)50(45-62)75-61/h6,8,12,14,18,20-21,23,25,28,49-51,54-62,65-70H,3-5,7,9-11,13,15-17,19,22,24,26-27,29-48H2,1-2H3/b8-6-,14-12-,20-18-,23-21-,28-25-. The highest BCUT2D eigenvalue weighted by Crippen LogP contribution is 2.27. The van der Waals surface area contributed by atoms with Crippen molar-refractivity contribution in [3.8, 4) is 0 Å². The molecule has 440 valence electrons. The molecule has 2 heterocycles. The van der Waals surface area contributed by atoms with E-state index in [4.69, 9.17) is 28.4 Å². The molecule has 0 amide bonds. The van der Waals surface area contributed by atoms with Crippen molar-refractivity contribution in [1.29, 1.82) is 0 Å². The van der Waals surface area contributed by atoms with E-state index in [2.05, 4.69) is 74.6 Å². The van der Waals surface area contributed by atoms with E-state index in [1.165, 1.54) is 96.3 Å². The highest BCUT2D eigenvalue weighted by atomic mass is 16.7. The normalized spacial score (nSPS) is 24.8. The van der Waals surface area contributed by atoms with E-state index in [1.54, 1.807) is 0 Å². The summed E-state index contributed by atoms with van der Waals surface area (Å²) < 4.78 is 33.7. The van der Waals surface area contributed by atoms with E-state index in [0.717, 1.165) is 83.5 Å². The van der Waals surface area contributed by atoms with Gasteiger partial charge in [0, 0.05) is 12.8 Å². The molecule has 0 spiro atoms. The van der Waals surface area contributed by atoms with Crippen molar-refractivity contribution >= 4 is 11.9 Å². The van der Waals surface area contributed by atoms with Gasteiger partial charge in [0.15, 0.2) is 18.7 Å². The monoisotopic (exact) mass is 1080 g/mol. The number of hydrogen-bond donors (Lipinski definition) is 7. The van der Waals surface area contributed by atoms with E-state index in [0.29, 0.717) is 12.8 Å². The van der Waals surface area contributed by atoms with Crippen LogP contribution in [0.4, 0.5) is 0 Å². The van der Waals surface area contributed by atoms with Gasteiger partial charge >= 0.3 is 11.9 Å². The molecule has 15 nitrogen and oxygen atoms in total. The third kappa shape index (κ3) is 33.6. The van der Waals surface area contributed by atoms with Gasteiger partial charge in [0.2, 0.25) is 0 Å². The average molecular weight is 1080 g/mol. The topological polar surface area (TPSA) is 231 Å². The van der Waals surface area contributed by atoms with E-state index in [-0.39, 0.29) is 26.1 Å². The molecule has 2 aliphatic heterocycles. The smallest absolute Gasteiger partial charge is 0.306 e. The first-order valence-corrected chi connectivity index (χ1v) is 29.9. The molecule has 15 heteroatoms. The maximum atomic E-state index is 13.1. The molecule has 0 aliphatic carbocycles. The predicted octanol–water partition coefficient (Wildman–Crippen LogP) is 10.4. The van der Waals surface area contributed by atoms with Crippen molar-refractivity contribution in [2.24, 2.45) is 0 Å². The average Bonchev–Trinajstić information content (AvgIpc) is 3.41. The maximum absolute atomic E-state index is 13.1. The summed E-state index contributed by atoms with van der Waals surface area (Å²) in [6.07, 6.45) is 39.5. The number of carbonyl (C=O) groups excluding carboxylic acids is 2. The molecule has 2 rings (SSSR count). The molecule has 2 fully saturated rings. The minimum absolute atomic E-state index is 0.147. The molecule has 0 saturated carbocycles. The zero-order valence-electron chi connectivity index (χ0n) is 47.0. The summed E-state index contributed by atoms with van der Waals surface area (Å²) in [6.45, 7) is 2.49. The molecule has 0 aromatic carbocycles. The Morgan fingerprint density at radius 1 is 0.434 bits per heavy atom. The fourth-order valence-electron chi connectivity index (χ4n) is 9.14. The Balaban J connectivity index is 1.75. The second-order valence-electron chi connectivity index (χ2n) is 20.8. The molecule has 2 saturated heterocycles. The van der Waals surface area contributed by atoms with Gasteiger partial charge in [0.05, 0.1) is 19.8 Å². The van der Waals surface area contributed by atoms with Gasteiger partial charge in [-0.1, -0.05) is 190 Å². The highest BCUT2D eigenvalue weighted by Gasteiger charge is 2.47. The fraction of sp³-hybridized carbons (Fsp3) is 0.803. The Kier molecular flexibility index (Phi) is 42.9. The Labute approximate surface area is 458 Å². The molecule has 7 N–H and O–H groups in total. The highest BCUT2D eigenvalue weighted by molar-refractivity contribution is 5.70. The second-order valence-corrected chi connectivity index (χ2v) is 20.8. The van der Waals surface area contributed by atoms with Gasteiger partial charge < -0.3 is 64.2 Å². The predicted molar refractivity (Wildman–Crippen MR) is 298 cm³/mol. The number of carbonyl (C=O) groups is 2. The zero-order valence-corrected chi connectivity index (χ0v) is 47.0. The molecule has 2 aliphatic rings. The zero-order chi connectivity index (χ0) is 55.3. The van der Waals surface area contributed by atoms with Crippen LogP contribution in [-0.2, 0) is 38.0 Å². The minimum atomic E-state index is -1.77. The lowest BCUT2D eigenvalue weighted by Gasteiger charge is -2.42. The fourth-order valence-corrected chi connectivity index (χ4v) is 9.14. The van der Waals surface area contributed by atoms with Gasteiger partial charge in [0.25, 0.3) is 0 Å². The van der Waals surface area contributed by atoms with Gasteiger partial charge in [0.1, 0.15) is 55.4 Å². The Hall–Kier alpha value is -2.80. The molecule has 11 unspecified atom stereocenters. The lowest BCUT2D eigenvalue weighted by Crippen LogP contribution is -2.61. The van der Waals surface area contributed by atoms with Crippen molar-refractivity contribution in [3.05, 3.63) is 60.8 Å². The summed E-state index contributed by atoms with van der Waals surface area (Å²) >= 11 is 0. The van der Waals surface area contributed by atoms with Crippen LogP contribution >= 0.6 is 0 Å². The first kappa shape index (κ1) is 69.3. The van der Waals surface area contributed by atoms with Crippen molar-refractivity contribution in [2.75, 3.05) is 26.4 Å². The SMILES string of the molecule is CC/C=C\C/C=C\C/C=C\C/C=C\CCCCCCCCC(=O)OC(COC(=O)CCCCCCCCCCC/C=C\CCCCCCCCCC)COC1OC(COC2OC(CO)C(O)C(O)C2O)C(O)C(O)C1O. The Morgan fingerprint density at radius 2 is 0.829 bits per heavy atom. The van der Waals surface area contributed by atoms with Gasteiger partial charge in [-0.2, -0.15) is 0 Å². The molecule has 0 bridgehead atoms. The summed E-state index contributed by atoms with van der Waals surface area (Å²) in [5, 5.41) is 72.3. The number of aliphatic hydroxyl groups excluding tert-OH is 7. The van der Waals surface area contributed by atoms with Crippen LogP contribution in [0, 0.1) is 0 Å². The third-order valence-corrected chi connectivity index (χ3v) is 14.0. The molecular weight excluding hydrogens is 973 g/mol. The molecule has 0 aromatic rings. The van der Waals surface area contributed by atoms with Crippen LogP contribution in [0.15, 0.2) is 60.8 Å². The Morgan fingerprint density at radius 3 is 1.32 bits per heavy atom. The number of ether oxygens (including phenoxy) is 6. The van der Waals surface area contributed by atoms with Crippen molar-refractivity contribution in [2.45, 2.75) is 287 Å². The largest absolute Gasteiger partial charge is 0.462 e. The number of hydrogen-bond acceptors (Lipinski definition) is 15. The number of aliphatic hydroxyl groups is 7. The Bertz CT molecular complexity index is 1550. The number of esters is 2. The van der Waals surface area contributed by atoms with Crippen molar-refractivity contribution in [3.63, 3.8) is 0 Å². The van der Waals surface area contributed by atoms with Crippen LogP contribution in [-0.4, -0.2) is 142 Å². The lowest BCUT2D eigenvalue weighted by atomic mass is 9.98. The number of unbranched alkanes of at least 4 members (excludes halogenated alkanes) is 23. The summed E-state index contributed by atoms with van der Waals surface area (Å²) in [5.74, 6) is -0.940. The first-order chi connectivity index (χ1) is 37.0. The van der Waals surface area contributed by atoms with Crippen LogP contribution in [0.1, 0.15) is 219 Å². The van der Waals surface area contributed by atoms with Gasteiger partial charge in [-0.3, -0.25) is 9.59 Å². The van der Waals surface area contributed by atoms with Crippen LogP contribution in [0.5, 0.6) is 0 Å². The minimum Gasteiger partial charge on any atom is -0.462 e. The van der Waals surface area contributed by atoms with Crippen LogP contribution in [0.3, 0.4) is 0 Å². The molecule has 0 radical (unpaired) electrons. The lowest BCUT2D eigenvalue weighted by molar-refractivity contribution is -0.332. The van der Waals surface area contributed by atoms with Gasteiger partial charge in [-0.05, 0) is 77.0 Å². The molecule has 11 atom stereocenters. The van der Waals surface area contributed by atoms with E-state index in [1.807, 2.05) is 0 Å².